The van der Waals surface area contributed by atoms with E-state index in [1.54, 1.807) is 18.2 Å². The monoisotopic (exact) mass is 334 g/mol. The molecule has 5 nitrogen and oxygen atoms in total. The largest absolute Gasteiger partial charge is 0.383 e. The lowest BCUT2D eigenvalue weighted by Gasteiger charge is -2.08. The third-order valence-corrected chi connectivity index (χ3v) is 5.31. The van der Waals surface area contributed by atoms with Crippen LogP contribution in [-0.4, -0.2) is 14.2 Å². The highest BCUT2D eigenvalue weighted by molar-refractivity contribution is 7.85. The van der Waals surface area contributed by atoms with Crippen molar-refractivity contribution in [2.24, 2.45) is 0 Å². The fourth-order valence-corrected chi connectivity index (χ4v) is 4.01. The first-order valence-electron chi connectivity index (χ1n) is 7.36. The normalized spacial score (nSPS) is 12.5. The summed E-state index contributed by atoms with van der Waals surface area (Å²) in [7, 11) is -1.33. The molecule has 0 spiro atoms. The summed E-state index contributed by atoms with van der Waals surface area (Å²) in [5.41, 5.74) is 12.2. The molecule has 4 aromatic rings. The fourth-order valence-electron chi connectivity index (χ4n) is 2.75. The number of nitrogens with zero attached hydrogens (tertiary/aromatic N) is 2. The second kappa shape index (κ2) is 5.58. The van der Waals surface area contributed by atoms with Crippen molar-refractivity contribution < 1.29 is 4.21 Å². The molecule has 0 fully saturated rings. The highest BCUT2D eigenvalue weighted by Crippen LogP contribution is 2.28. The van der Waals surface area contributed by atoms with Gasteiger partial charge >= 0.3 is 0 Å². The van der Waals surface area contributed by atoms with Crippen LogP contribution >= 0.6 is 0 Å². The van der Waals surface area contributed by atoms with E-state index >= 15 is 0 Å². The van der Waals surface area contributed by atoms with Crippen molar-refractivity contribution in [1.29, 1.82) is 0 Å². The Kier molecular flexibility index (Phi) is 3.39. The van der Waals surface area contributed by atoms with Gasteiger partial charge in [-0.1, -0.05) is 36.4 Å². The lowest BCUT2D eigenvalue weighted by molar-refractivity contribution is 0.684. The molecule has 0 amide bonds. The summed E-state index contributed by atoms with van der Waals surface area (Å²) < 4.78 is 13.1. The summed E-state index contributed by atoms with van der Waals surface area (Å²) in [5.74, 6) is 0.414. The Morgan fingerprint density at radius 2 is 1.62 bits per heavy atom. The van der Waals surface area contributed by atoms with E-state index in [0.717, 1.165) is 15.7 Å². The molecule has 1 aromatic heterocycles. The predicted molar refractivity (Wildman–Crippen MR) is 97.0 cm³/mol. The maximum Gasteiger partial charge on any atom is 0.222 e. The third kappa shape index (κ3) is 2.37. The van der Waals surface area contributed by atoms with Crippen LogP contribution in [0.5, 0.6) is 0 Å². The van der Waals surface area contributed by atoms with E-state index in [-0.39, 0.29) is 11.8 Å². The number of rotatable bonds is 2. The molecule has 118 valence electrons. The number of fused-ring (bicyclic) bond motifs is 2. The number of benzene rings is 3. The van der Waals surface area contributed by atoms with E-state index in [2.05, 4.69) is 9.97 Å². The second-order valence-electron chi connectivity index (χ2n) is 5.39. The zero-order valence-corrected chi connectivity index (χ0v) is 13.5. The first kappa shape index (κ1) is 14.6. The molecule has 0 aliphatic carbocycles. The maximum absolute atomic E-state index is 13.1. The fraction of sp³-hybridized carbons (Fsp3) is 0. The first-order chi connectivity index (χ1) is 11.6. The second-order valence-corrected chi connectivity index (χ2v) is 6.84. The van der Waals surface area contributed by atoms with Crippen LogP contribution in [0, 0.1) is 0 Å². The minimum Gasteiger partial charge on any atom is -0.383 e. The zero-order valence-electron chi connectivity index (χ0n) is 12.6. The summed E-state index contributed by atoms with van der Waals surface area (Å²) in [4.78, 5) is 9.54. The van der Waals surface area contributed by atoms with Gasteiger partial charge in [0.2, 0.25) is 5.95 Å². The number of hydrogen-bond donors (Lipinski definition) is 2. The van der Waals surface area contributed by atoms with Gasteiger partial charge in [0, 0.05) is 10.3 Å². The molecule has 0 unspecified atom stereocenters. The smallest absolute Gasteiger partial charge is 0.222 e. The Morgan fingerprint density at radius 1 is 0.833 bits per heavy atom. The highest BCUT2D eigenvalue weighted by Gasteiger charge is 2.13. The van der Waals surface area contributed by atoms with Crippen LogP contribution < -0.4 is 11.5 Å². The maximum atomic E-state index is 13.1. The van der Waals surface area contributed by atoms with E-state index in [1.165, 1.54) is 0 Å². The molecule has 0 saturated carbocycles. The Bertz CT molecular complexity index is 1110. The van der Waals surface area contributed by atoms with Gasteiger partial charge in [-0.2, -0.15) is 4.98 Å². The van der Waals surface area contributed by atoms with E-state index in [4.69, 9.17) is 11.5 Å². The molecule has 4 N–H and O–H groups in total. The number of aromatic nitrogens is 2. The number of nitrogen functional groups attached to an aromatic ring is 2. The molecular weight excluding hydrogens is 320 g/mol. The van der Waals surface area contributed by atoms with Crippen LogP contribution in [0.15, 0.2) is 70.5 Å². The van der Waals surface area contributed by atoms with E-state index in [0.29, 0.717) is 15.8 Å². The standard InChI is InChI=1S/C18H14N4OS/c19-17-14-10-12(8-9-15(14)21-18(20)22-17)24(23)16-7-3-5-11-4-1-2-6-13(11)16/h1-10H,(H4,19,20,21,22)/t24-/m1/s1. The molecule has 4 rings (SSSR count). The van der Waals surface area contributed by atoms with Gasteiger partial charge in [0.1, 0.15) is 5.82 Å². The molecule has 1 atom stereocenters. The number of nitrogens with two attached hydrogens (primary N) is 2. The minimum atomic E-state index is -1.33. The molecule has 0 saturated heterocycles. The molecule has 1 heterocycles. The van der Waals surface area contributed by atoms with Gasteiger partial charge in [-0.15, -0.1) is 0 Å². The number of anilines is 2. The summed E-state index contributed by atoms with van der Waals surface area (Å²) in [6.45, 7) is 0. The Hall–Kier alpha value is -2.99. The van der Waals surface area contributed by atoms with Gasteiger partial charge in [-0.05, 0) is 35.0 Å². The third-order valence-electron chi connectivity index (χ3n) is 3.88. The van der Waals surface area contributed by atoms with E-state index in [9.17, 15) is 4.21 Å². The van der Waals surface area contributed by atoms with Crippen molar-refractivity contribution in [1.82, 2.24) is 9.97 Å². The zero-order chi connectivity index (χ0) is 16.7. The topological polar surface area (TPSA) is 94.9 Å². The van der Waals surface area contributed by atoms with Crippen LogP contribution in [0.4, 0.5) is 11.8 Å². The van der Waals surface area contributed by atoms with Crippen molar-refractivity contribution in [3.8, 4) is 0 Å². The Balaban J connectivity index is 1.89. The van der Waals surface area contributed by atoms with Gasteiger partial charge < -0.3 is 11.5 Å². The Labute approximate surface area is 140 Å². The van der Waals surface area contributed by atoms with Crippen LogP contribution in [-0.2, 0) is 10.8 Å². The molecule has 0 bridgehead atoms. The molecule has 0 aliphatic heterocycles. The van der Waals surface area contributed by atoms with Crippen molar-refractivity contribution >= 4 is 44.2 Å². The van der Waals surface area contributed by atoms with Crippen molar-refractivity contribution in [2.75, 3.05) is 11.5 Å². The lowest BCUT2D eigenvalue weighted by Crippen LogP contribution is -2.01. The first-order valence-corrected chi connectivity index (χ1v) is 8.51. The van der Waals surface area contributed by atoms with Gasteiger partial charge in [0.15, 0.2) is 0 Å². The van der Waals surface area contributed by atoms with Crippen LogP contribution in [0.1, 0.15) is 0 Å². The molecule has 24 heavy (non-hydrogen) atoms. The van der Waals surface area contributed by atoms with E-state index in [1.807, 2.05) is 42.5 Å². The van der Waals surface area contributed by atoms with Crippen molar-refractivity contribution in [3.63, 3.8) is 0 Å². The van der Waals surface area contributed by atoms with Gasteiger partial charge in [0.05, 0.1) is 21.2 Å². The quantitative estimate of drug-likeness (QED) is 0.587. The van der Waals surface area contributed by atoms with Crippen molar-refractivity contribution in [2.45, 2.75) is 9.79 Å². The van der Waals surface area contributed by atoms with E-state index < -0.39 is 10.8 Å². The summed E-state index contributed by atoms with van der Waals surface area (Å²) in [6, 6.07) is 19.0. The summed E-state index contributed by atoms with van der Waals surface area (Å²) in [5, 5.41) is 2.68. The molecule has 0 aliphatic rings. The highest BCUT2D eigenvalue weighted by atomic mass is 32.2. The number of hydrogen-bond acceptors (Lipinski definition) is 5. The SMILES string of the molecule is Nc1nc(N)c2cc([S@@](=O)c3cccc4ccccc34)ccc2n1. The molecule has 6 heteroatoms. The summed E-state index contributed by atoms with van der Waals surface area (Å²) in [6.07, 6.45) is 0. The summed E-state index contributed by atoms with van der Waals surface area (Å²) >= 11 is 0. The van der Waals surface area contributed by atoms with Crippen molar-refractivity contribution in [3.05, 3.63) is 60.7 Å². The predicted octanol–water partition coefficient (Wildman–Crippen LogP) is 3.11. The van der Waals surface area contributed by atoms with Gasteiger partial charge in [-0.25, -0.2) is 9.19 Å². The molecule has 0 radical (unpaired) electrons. The van der Waals surface area contributed by atoms with Gasteiger partial charge in [0.25, 0.3) is 0 Å². The Morgan fingerprint density at radius 3 is 2.50 bits per heavy atom. The van der Waals surface area contributed by atoms with Gasteiger partial charge in [-0.3, -0.25) is 0 Å². The minimum absolute atomic E-state index is 0.128. The van der Waals surface area contributed by atoms with Crippen LogP contribution in [0.3, 0.4) is 0 Å². The van der Waals surface area contributed by atoms with Crippen LogP contribution in [0.25, 0.3) is 21.7 Å². The molecule has 3 aromatic carbocycles. The lowest BCUT2D eigenvalue weighted by atomic mass is 10.1. The average molecular weight is 334 g/mol. The average Bonchev–Trinajstić information content (AvgIpc) is 2.60. The molecular formula is C18H14N4OS. The van der Waals surface area contributed by atoms with Crippen LogP contribution in [0.2, 0.25) is 0 Å².